The van der Waals surface area contributed by atoms with Crippen molar-refractivity contribution in [3.05, 3.63) is 53.6 Å². The number of hydrogen-bond acceptors (Lipinski definition) is 4. The minimum atomic E-state index is -3.56. The second-order valence-electron chi connectivity index (χ2n) is 7.99. The molecule has 0 saturated carbocycles. The topological polar surface area (TPSA) is 75.7 Å². The van der Waals surface area contributed by atoms with Crippen molar-refractivity contribution in [2.45, 2.75) is 43.4 Å². The monoisotopic (exact) mass is 428 g/mol. The summed E-state index contributed by atoms with van der Waals surface area (Å²) in [4.78, 5) is 13.1. The number of carbonyl (C=O) groups is 1. The van der Waals surface area contributed by atoms with E-state index in [9.17, 15) is 13.2 Å². The van der Waals surface area contributed by atoms with Gasteiger partial charge >= 0.3 is 0 Å². The molecule has 0 radical (unpaired) electrons. The van der Waals surface area contributed by atoms with Crippen molar-refractivity contribution in [2.75, 3.05) is 25.5 Å². The third-order valence-electron chi connectivity index (χ3n) is 6.18. The van der Waals surface area contributed by atoms with Gasteiger partial charge in [0.1, 0.15) is 5.75 Å². The van der Waals surface area contributed by atoms with Gasteiger partial charge in [-0.2, -0.15) is 4.31 Å². The van der Waals surface area contributed by atoms with Crippen LogP contribution in [0.3, 0.4) is 0 Å². The van der Waals surface area contributed by atoms with Crippen LogP contribution in [0.15, 0.2) is 47.4 Å². The molecule has 1 amide bonds. The molecular formula is C23H28N2O4S. The molecule has 0 unspecified atom stereocenters. The Morgan fingerprint density at radius 3 is 2.43 bits per heavy atom. The smallest absolute Gasteiger partial charge is 0.243 e. The number of hydrogen-bond donors (Lipinski definition) is 1. The lowest BCUT2D eigenvalue weighted by molar-refractivity contribution is -0.120. The van der Waals surface area contributed by atoms with Crippen molar-refractivity contribution in [3.63, 3.8) is 0 Å². The Bertz CT molecular complexity index is 1010. The molecule has 0 spiro atoms. The second kappa shape index (κ2) is 8.78. The quantitative estimate of drug-likeness (QED) is 0.789. The molecule has 2 aliphatic rings. The summed E-state index contributed by atoms with van der Waals surface area (Å²) in [5.41, 5.74) is 3.52. The molecule has 2 aromatic carbocycles. The van der Waals surface area contributed by atoms with E-state index in [0.29, 0.717) is 31.7 Å². The van der Waals surface area contributed by atoms with Crippen molar-refractivity contribution >= 4 is 21.6 Å². The van der Waals surface area contributed by atoms with Crippen LogP contribution in [0.1, 0.15) is 36.8 Å². The Kier molecular flexibility index (Phi) is 6.11. The Morgan fingerprint density at radius 1 is 1.03 bits per heavy atom. The fraction of sp³-hybridized carbons (Fsp3) is 0.435. The van der Waals surface area contributed by atoms with Gasteiger partial charge in [-0.25, -0.2) is 8.42 Å². The molecule has 7 heteroatoms. The maximum Gasteiger partial charge on any atom is 0.243 e. The van der Waals surface area contributed by atoms with Crippen LogP contribution in [0, 0.1) is 5.92 Å². The zero-order valence-corrected chi connectivity index (χ0v) is 18.1. The second-order valence-corrected chi connectivity index (χ2v) is 9.93. The normalized spacial score (nSPS) is 17.9. The summed E-state index contributed by atoms with van der Waals surface area (Å²) in [5, 5.41) is 3.12. The van der Waals surface area contributed by atoms with Gasteiger partial charge < -0.3 is 10.1 Å². The number of nitrogens with zero attached hydrogens (tertiary/aromatic N) is 1. The minimum absolute atomic E-state index is 0.00420. The van der Waals surface area contributed by atoms with Crippen LogP contribution in [0.4, 0.5) is 5.69 Å². The summed E-state index contributed by atoms with van der Waals surface area (Å²) in [6, 6.07) is 12.5. The van der Waals surface area contributed by atoms with Gasteiger partial charge in [-0.3, -0.25) is 4.79 Å². The highest BCUT2D eigenvalue weighted by Gasteiger charge is 2.32. The number of fused-ring (bicyclic) bond motifs is 1. The van der Waals surface area contributed by atoms with E-state index in [0.717, 1.165) is 24.9 Å². The number of carbonyl (C=O) groups excluding carboxylic acids is 1. The van der Waals surface area contributed by atoms with E-state index in [1.54, 1.807) is 31.4 Å². The molecule has 1 aliphatic heterocycles. The van der Waals surface area contributed by atoms with Crippen LogP contribution in [0.2, 0.25) is 0 Å². The third-order valence-corrected chi connectivity index (χ3v) is 8.09. The summed E-state index contributed by atoms with van der Waals surface area (Å²) in [6.45, 7) is 0.693. The molecule has 160 valence electrons. The van der Waals surface area contributed by atoms with Crippen LogP contribution in [0.5, 0.6) is 5.75 Å². The number of amides is 1. The summed E-state index contributed by atoms with van der Waals surface area (Å²) >= 11 is 0. The van der Waals surface area contributed by atoms with Gasteiger partial charge in [-0.05, 0) is 80.0 Å². The molecule has 0 bridgehead atoms. The Labute approximate surface area is 178 Å². The van der Waals surface area contributed by atoms with E-state index in [4.69, 9.17) is 4.74 Å². The summed E-state index contributed by atoms with van der Waals surface area (Å²) < 4.78 is 32.4. The first kappa shape index (κ1) is 20.9. The van der Waals surface area contributed by atoms with Crippen LogP contribution in [-0.2, 0) is 27.7 Å². The highest BCUT2D eigenvalue weighted by atomic mass is 32.2. The number of methoxy groups -OCH3 is 1. The molecular weight excluding hydrogens is 400 g/mol. The molecule has 4 rings (SSSR count). The molecule has 0 aromatic heterocycles. The molecule has 1 aliphatic carbocycles. The Hall–Kier alpha value is -2.38. The number of aryl methyl sites for hydroxylation is 1. The average Bonchev–Trinajstić information content (AvgIpc) is 2.79. The van der Waals surface area contributed by atoms with Gasteiger partial charge in [0.25, 0.3) is 0 Å². The van der Waals surface area contributed by atoms with Crippen molar-refractivity contribution in [1.29, 1.82) is 0 Å². The van der Waals surface area contributed by atoms with Gasteiger partial charge in [0.05, 0.1) is 12.0 Å². The maximum atomic E-state index is 12.9. The van der Waals surface area contributed by atoms with Gasteiger partial charge in [-0.15, -0.1) is 0 Å². The first-order valence-corrected chi connectivity index (χ1v) is 12.0. The Morgan fingerprint density at radius 2 is 1.73 bits per heavy atom. The molecule has 1 heterocycles. The van der Waals surface area contributed by atoms with Crippen LogP contribution in [-0.4, -0.2) is 38.8 Å². The van der Waals surface area contributed by atoms with Crippen LogP contribution in [0.25, 0.3) is 0 Å². The lowest BCUT2D eigenvalue weighted by Gasteiger charge is -2.31. The van der Waals surface area contributed by atoms with E-state index in [1.165, 1.54) is 21.9 Å². The fourth-order valence-electron chi connectivity index (χ4n) is 4.39. The van der Waals surface area contributed by atoms with E-state index in [2.05, 4.69) is 11.4 Å². The molecule has 0 atom stereocenters. The van der Waals surface area contributed by atoms with E-state index in [1.807, 2.05) is 12.1 Å². The van der Waals surface area contributed by atoms with Gasteiger partial charge in [0.2, 0.25) is 15.9 Å². The van der Waals surface area contributed by atoms with Crippen molar-refractivity contribution in [2.24, 2.45) is 5.92 Å². The SMILES string of the molecule is COc1ccc(S(=O)(=O)N2CCC(C(=O)Nc3cccc4c3CCCC4)CC2)cc1. The van der Waals surface area contributed by atoms with Gasteiger partial charge in [-0.1, -0.05) is 12.1 Å². The molecule has 1 saturated heterocycles. The van der Waals surface area contributed by atoms with Gasteiger partial charge in [0, 0.05) is 24.7 Å². The zero-order chi connectivity index (χ0) is 21.1. The first-order chi connectivity index (χ1) is 14.5. The highest BCUT2D eigenvalue weighted by Crippen LogP contribution is 2.30. The number of ether oxygens (including phenoxy) is 1. The number of rotatable bonds is 5. The lowest BCUT2D eigenvalue weighted by Crippen LogP contribution is -2.41. The van der Waals surface area contributed by atoms with E-state index in [-0.39, 0.29) is 16.7 Å². The van der Waals surface area contributed by atoms with Crippen molar-refractivity contribution < 1.29 is 17.9 Å². The summed E-state index contributed by atoms with van der Waals surface area (Å²) in [7, 11) is -2.01. The summed E-state index contributed by atoms with van der Waals surface area (Å²) in [5.74, 6) is 0.440. The first-order valence-electron chi connectivity index (χ1n) is 10.5. The standard InChI is InChI=1S/C23H28N2O4S/c1-29-19-9-11-20(12-10-19)30(27,28)25-15-13-18(14-16-25)23(26)24-22-8-4-6-17-5-2-3-7-21(17)22/h4,6,8-12,18H,2-3,5,7,13-16H2,1H3,(H,24,26). The Balaban J connectivity index is 1.39. The molecule has 1 fully saturated rings. The number of benzene rings is 2. The van der Waals surface area contributed by atoms with Crippen molar-refractivity contribution in [3.8, 4) is 5.75 Å². The average molecular weight is 429 g/mol. The number of nitrogens with one attached hydrogen (secondary N) is 1. The molecule has 6 nitrogen and oxygen atoms in total. The lowest BCUT2D eigenvalue weighted by atomic mass is 9.90. The van der Waals surface area contributed by atoms with Crippen LogP contribution >= 0.6 is 0 Å². The predicted molar refractivity (Wildman–Crippen MR) is 116 cm³/mol. The van der Waals surface area contributed by atoms with E-state index < -0.39 is 10.0 Å². The largest absolute Gasteiger partial charge is 0.497 e. The van der Waals surface area contributed by atoms with Gasteiger partial charge in [0.15, 0.2) is 0 Å². The number of anilines is 1. The third kappa shape index (κ3) is 4.23. The van der Waals surface area contributed by atoms with Crippen LogP contribution < -0.4 is 10.1 Å². The fourth-order valence-corrected chi connectivity index (χ4v) is 5.86. The highest BCUT2D eigenvalue weighted by molar-refractivity contribution is 7.89. The maximum absolute atomic E-state index is 12.9. The minimum Gasteiger partial charge on any atom is -0.497 e. The molecule has 2 aromatic rings. The van der Waals surface area contributed by atoms with E-state index >= 15 is 0 Å². The van der Waals surface area contributed by atoms with Crippen molar-refractivity contribution in [1.82, 2.24) is 4.31 Å². The zero-order valence-electron chi connectivity index (χ0n) is 17.3. The summed E-state index contributed by atoms with van der Waals surface area (Å²) in [6.07, 6.45) is 5.48. The number of piperidine rings is 1. The molecule has 30 heavy (non-hydrogen) atoms. The molecule has 1 N–H and O–H groups in total. The number of sulfonamides is 1. The predicted octanol–water partition coefficient (Wildman–Crippen LogP) is 3.61.